The summed E-state index contributed by atoms with van der Waals surface area (Å²) in [6.45, 7) is 10.3. The summed E-state index contributed by atoms with van der Waals surface area (Å²) in [5.41, 5.74) is -0.105. The molecule has 2 heterocycles. The number of nitrogens with zero attached hydrogens (tertiary/aromatic N) is 4. The number of aryl methyl sites for hydroxylation is 1. The molecule has 0 saturated carbocycles. The Kier molecular flexibility index (Phi) is 6.18. The van der Waals surface area contributed by atoms with Gasteiger partial charge >= 0.3 is 0 Å². The van der Waals surface area contributed by atoms with Crippen molar-refractivity contribution in [3.63, 3.8) is 0 Å². The minimum absolute atomic E-state index is 0.105. The van der Waals surface area contributed by atoms with Crippen LogP contribution in [0.1, 0.15) is 39.4 Å². The van der Waals surface area contributed by atoms with Crippen LogP contribution in [0.5, 0.6) is 0 Å². The normalized spacial score (nSPS) is 22.0. The molecule has 2 rings (SSSR count). The number of rotatable bonds is 7. The van der Waals surface area contributed by atoms with E-state index < -0.39 is 0 Å². The number of guanidine groups is 1. The third kappa shape index (κ3) is 4.69. The lowest BCUT2D eigenvalue weighted by atomic mass is 10.0. The number of aliphatic imine (C=N–C) groups is 1. The van der Waals surface area contributed by atoms with Gasteiger partial charge in [0.15, 0.2) is 5.96 Å². The van der Waals surface area contributed by atoms with Gasteiger partial charge in [-0.3, -0.25) is 4.99 Å². The predicted octanol–water partition coefficient (Wildman–Crippen LogP) is 0.965. The van der Waals surface area contributed by atoms with Crippen molar-refractivity contribution >= 4 is 5.96 Å². The van der Waals surface area contributed by atoms with Crippen molar-refractivity contribution in [1.29, 1.82) is 0 Å². The maximum Gasteiger partial charge on any atom is 0.191 e. The summed E-state index contributed by atoms with van der Waals surface area (Å²) in [7, 11) is 0. The summed E-state index contributed by atoms with van der Waals surface area (Å²) >= 11 is 0. The van der Waals surface area contributed by atoms with Crippen molar-refractivity contribution in [3.05, 3.63) is 12.2 Å². The van der Waals surface area contributed by atoms with Crippen LogP contribution in [0.15, 0.2) is 11.3 Å². The van der Waals surface area contributed by atoms with E-state index in [0.717, 1.165) is 57.3 Å². The Bertz CT molecular complexity index is 478. The minimum Gasteiger partial charge on any atom is -0.373 e. The summed E-state index contributed by atoms with van der Waals surface area (Å²) in [6, 6.07) is 0. The smallest absolute Gasteiger partial charge is 0.191 e. The largest absolute Gasteiger partial charge is 0.373 e. The van der Waals surface area contributed by atoms with Crippen LogP contribution in [0.3, 0.4) is 0 Å². The van der Waals surface area contributed by atoms with Gasteiger partial charge in [-0.1, -0.05) is 6.92 Å². The molecule has 0 spiro atoms. The Morgan fingerprint density at radius 3 is 3.00 bits per heavy atom. The first-order valence-corrected chi connectivity index (χ1v) is 8.19. The van der Waals surface area contributed by atoms with E-state index in [1.54, 1.807) is 6.33 Å². The van der Waals surface area contributed by atoms with Crippen molar-refractivity contribution in [2.45, 2.75) is 52.2 Å². The topological polar surface area (TPSA) is 76.4 Å². The fraction of sp³-hybridized carbons (Fsp3) is 0.800. The highest BCUT2D eigenvalue weighted by molar-refractivity contribution is 5.79. The van der Waals surface area contributed by atoms with Gasteiger partial charge in [-0.15, -0.1) is 10.2 Å². The average Bonchev–Trinajstić information content (AvgIpc) is 3.14. The van der Waals surface area contributed by atoms with Crippen molar-refractivity contribution < 1.29 is 4.74 Å². The molecular formula is C15H28N6O. The van der Waals surface area contributed by atoms with Crippen LogP contribution in [0.4, 0.5) is 0 Å². The summed E-state index contributed by atoms with van der Waals surface area (Å²) in [5.74, 6) is 1.85. The molecule has 1 unspecified atom stereocenters. The van der Waals surface area contributed by atoms with Crippen molar-refractivity contribution in [3.8, 4) is 0 Å². The second-order valence-electron chi connectivity index (χ2n) is 5.82. The molecule has 7 heteroatoms. The minimum atomic E-state index is -0.105. The molecule has 0 bridgehead atoms. The van der Waals surface area contributed by atoms with Crippen LogP contribution in [0.2, 0.25) is 0 Å². The van der Waals surface area contributed by atoms with Crippen LogP contribution in [0, 0.1) is 0 Å². The van der Waals surface area contributed by atoms with Crippen molar-refractivity contribution in [2.24, 2.45) is 4.99 Å². The average molecular weight is 308 g/mol. The van der Waals surface area contributed by atoms with Crippen LogP contribution in [-0.2, 0) is 17.7 Å². The van der Waals surface area contributed by atoms with Gasteiger partial charge in [0.05, 0.1) is 12.1 Å². The molecule has 1 atom stereocenters. The number of nitrogens with one attached hydrogen (secondary N) is 2. The van der Waals surface area contributed by atoms with Gasteiger partial charge in [-0.25, -0.2) is 0 Å². The highest BCUT2D eigenvalue weighted by Gasteiger charge is 2.29. The highest BCUT2D eigenvalue weighted by Crippen LogP contribution is 2.24. The standard InChI is InChI=1S/C15H28N6O/c1-4-13-20-19-12-21(13)9-8-17-14(16-5-2)18-11-15(3)7-6-10-22-15/h12H,4-11H2,1-3H3,(H2,16,17,18). The van der Waals surface area contributed by atoms with E-state index in [0.29, 0.717) is 6.54 Å². The zero-order chi connectivity index (χ0) is 15.8. The molecule has 1 aliphatic heterocycles. The van der Waals surface area contributed by atoms with E-state index in [1.807, 2.05) is 0 Å². The molecule has 0 aliphatic carbocycles. The summed E-state index contributed by atoms with van der Waals surface area (Å²) < 4.78 is 7.85. The van der Waals surface area contributed by atoms with Crippen molar-refractivity contribution in [1.82, 2.24) is 25.4 Å². The van der Waals surface area contributed by atoms with Crippen LogP contribution in [-0.4, -0.2) is 52.6 Å². The van der Waals surface area contributed by atoms with E-state index >= 15 is 0 Å². The Hall–Kier alpha value is -1.63. The molecule has 0 aromatic carbocycles. The highest BCUT2D eigenvalue weighted by atomic mass is 16.5. The van der Waals surface area contributed by atoms with Gasteiger partial charge < -0.3 is 19.9 Å². The molecule has 0 amide bonds. The lowest BCUT2D eigenvalue weighted by Gasteiger charge is -2.21. The Morgan fingerprint density at radius 2 is 2.32 bits per heavy atom. The summed E-state index contributed by atoms with van der Waals surface area (Å²) in [5, 5.41) is 14.7. The molecule has 0 radical (unpaired) electrons. The SMILES string of the molecule is CCNC(=NCC1(C)CCCO1)NCCn1cnnc1CC. The van der Waals surface area contributed by atoms with Gasteiger partial charge in [-0.2, -0.15) is 0 Å². The lowest BCUT2D eigenvalue weighted by molar-refractivity contribution is 0.0283. The van der Waals surface area contributed by atoms with Crippen molar-refractivity contribution in [2.75, 3.05) is 26.2 Å². The number of hydrogen-bond acceptors (Lipinski definition) is 4. The van der Waals surface area contributed by atoms with E-state index in [2.05, 4.69) is 51.2 Å². The lowest BCUT2D eigenvalue weighted by Crippen LogP contribution is -2.40. The maximum atomic E-state index is 5.78. The van der Waals surface area contributed by atoms with E-state index in [9.17, 15) is 0 Å². The number of ether oxygens (including phenoxy) is 1. The first-order valence-electron chi connectivity index (χ1n) is 8.19. The van der Waals surface area contributed by atoms with Gasteiger partial charge in [0.1, 0.15) is 12.2 Å². The second kappa shape index (κ2) is 8.12. The maximum absolute atomic E-state index is 5.78. The molecule has 1 aromatic heterocycles. The molecule has 1 saturated heterocycles. The Balaban J connectivity index is 1.83. The molecular weight excluding hydrogens is 280 g/mol. The quantitative estimate of drug-likeness (QED) is 0.580. The van der Waals surface area contributed by atoms with Crippen LogP contribution < -0.4 is 10.6 Å². The zero-order valence-corrected chi connectivity index (χ0v) is 13.9. The number of hydrogen-bond donors (Lipinski definition) is 2. The zero-order valence-electron chi connectivity index (χ0n) is 13.9. The monoisotopic (exact) mass is 308 g/mol. The molecule has 22 heavy (non-hydrogen) atoms. The first-order chi connectivity index (χ1) is 10.7. The van der Waals surface area contributed by atoms with Crippen LogP contribution >= 0.6 is 0 Å². The second-order valence-corrected chi connectivity index (χ2v) is 5.82. The predicted molar refractivity (Wildman–Crippen MR) is 87.0 cm³/mol. The summed E-state index contributed by atoms with van der Waals surface area (Å²) in [4.78, 5) is 4.66. The fourth-order valence-electron chi connectivity index (χ4n) is 2.58. The summed E-state index contributed by atoms with van der Waals surface area (Å²) in [6.07, 6.45) is 4.88. The van der Waals surface area contributed by atoms with Gasteiger partial charge in [0.25, 0.3) is 0 Å². The third-order valence-corrected chi connectivity index (χ3v) is 3.87. The van der Waals surface area contributed by atoms with Gasteiger partial charge in [0, 0.05) is 32.7 Å². The van der Waals surface area contributed by atoms with E-state index in [-0.39, 0.29) is 5.60 Å². The number of aromatic nitrogens is 3. The Labute approximate surface area is 132 Å². The van der Waals surface area contributed by atoms with E-state index in [4.69, 9.17) is 4.74 Å². The molecule has 1 fully saturated rings. The molecule has 2 N–H and O–H groups in total. The van der Waals surface area contributed by atoms with Crippen LogP contribution in [0.25, 0.3) is 0 Å². The molecule has 7 nitrogen and oxygen atoms in total. The molecule has 124 valence electrons. The van der Waals surface area contributed by atoms with Gasteiger partial charge in [-0.05, 0) is 26.7 Å². The van der Waals surface area contributed by atoms with E-state index in [1.165, 1.54) is 0 Å². The first kappa shape index (κ1) is 16.7. The molecule has 1 aromatic rings. The third-order valence-electron chi connectivity index (χ3n) is 3.87. The molecule has 1 aliphatic rings. The fourth-order valence-corrected chi connectivity index (χ4v) is 2.58. The Morgan fingerprint density at radius 1 is 1.45 bits per heavy atom. The van der Waals surface area contributed by atoms with Gasteiger partial charge in [0.2, 0.25) is 0 Å².